The molecule has 1 aliphatic heterocycles. The molecule has 0 aromatic heterocycles. The molecule has 2 rings (SSSR count). The van der Waals surface area contributed by atoms with Crippen molar-refractivity contribution in [1.82, 2.24) is 5.32 Å². The number of likely N-dealkylation sites (N-methyl/N-ethyl adjacent to an activating group) is 1. The summed E-state index contributed by atoms with van der Waals surface area (Å²) in [5.74, 6) is 0. The van der Waals surface area contributed by atoms with Crippen molar-refractivity contribution >= 4 is 11.6 Å². The van der Waals surface area contributed by atoms with Crippen molar-refractivity contribution in [2.45, 2.75) is 25.8 Å². The fraction of sp³-hybridized carbons (Fsp3) is 0.429. The van der Waals surface area contributed by atoms with E-state index in [1.165, 1.54) is 11.1 Å². The molecule has 0 amide bonds. The van der Waals surface area contributed by atoms with E-state index in [2.05, 4.69) is 24.4 Å². The van der Waals surface area contributed by atoms with E-state index in [-0.39, 0.29) is 6.04 Å². The smallest absolute Gasteiger partial charge is 0.0876 e. The lowest BCUT2D eigenvalue weighted by molar-refractivity contribution is 0.219. The summed E-state index contributed by atoms with van der Waals surface area (Å²) in [4.78, 5) is 0. The van der Waals surface area contributed by atoms with Crippen LogP contribution in [0, 0.1) is 0 Å². The number of rotatable bonds is 4. The van der Waals surface area contributed by atoms with Crippen LogP contribution in [0.4, 0.5) is 0 Å². The third-order valence-electron chi connectivity index (χ3n) is 2.94. The molecular weight excluding hydrogens is 234 g/mol. The van der Waals surface area contributed by atoms with E-state index in [1.807, 2.05) is 18.4 Å². The molecule has 0 aliphatic carbocycles. The molecule has 1 aliphatic rings. The summed E-state index contributed by atoms with van der Waals surface area (Å²) >= 11 is 5.92. The second kappa shape index (κ2) is 6.08. The Bertz CT molecular complexity index is 386. The molecule has 1 aromatic rings. The highest BCUT2D eigenvalue weighted by Gasteiger charge is 2.17. The highest BCUT2D eigenvalue weighted by atomic mass is 35.5. The largest absolute Gasteiger partial charge is 0.501 e. The number of benzene rings is 1. The molecule has 17 heavy (non-hydrogen) atoms. The Balaban J connectivity index is 2.21. The summed E-state index contributed by atoms with van der Waals surface area (Å²) in [5, 5.41) is 4.27. The Kier molecular flexibility index (Phi) is 4.46. The predicted octanol–water partition coefficient (Wildman–Crippen LogP) is 3.68. The Morgan fingerprint density at radius 2 is 2.12 bits per heavy atom. The van der Waals surface area contributed by atoms with Gasteiger partial charge in [-0.25, -0.2) is 0 Å². The number of hydrogen-bond acceptors (Lipinski definition) is 2. The maximum absolute atomic E-state index is 5.92. The van der Waals surface area contributed by atoms with Crippen LogP contribution < -0.4 is 5.32 Å². The van der Waals surface area contributed by atoms with Crippen LogP contribution in [0.5, 0.6) is 0 Å². The van der Waals surface area contributed by atoms with Gasteiger partial charge in [-0.15, -0.1) is 0 Å². The summed E-state index contributed by atoms with van der Waals surface area (Å²) in [6, 6.07) is 8.27. The summed E-state index contributed by atoms with van der Waals surface area (Å²) in [6.45, 7) is 3.89. The van der Waals surface area contributed by atoms with Crippen LogP contribution in [0.15, 0.2) is 36.1 Å². The standard InChI is InChI=1S/C14H18ClNO/c1-2-16-14(12-4-3-9-17-10-12)11-5-7-13(15)8-6-11/h5-8,10,14,16H,2-4,9H2,1H3. The summed E-state index contributed by atoms with van der Waals surface area (Å²) in [6.07, 6.45) is 4.10. The third kappa shape index (κ3) is 3.24. The Morgan fingerprint density at radius 1 is 1.35 bits per heavy atom. The van der Waals surface area contributed by atoms with E-state index in [4.69, 9.17) is 16.3 Å². The van der Waals surface area contributed by atoms with Gasteiger partial charge < -0.3 is 10.1 Å². The van der Waals surface area contributed by atoms with Gasteiger partial charge in [0.05, 0.1) is 18.9 Å². The molecule has 1 unspecified atom stereocenters. The minimum atomic E-state index is 0.248. The van der Waals surface area contributed by atoms with Crippen LogP contribution >= 0.6 is 11.6 Å². The first-order valence-corrected chi connectivity index (χ1v) is 6.48. The molecule has 0 saturated carbocycles. The number of hydrogen-bond donors (Lipinski definition) is 1. The average molecular weight is 252 g/mol. The molecule has 1 atom stereocenters. The zero-order valence-corrected chi connectivity index (χ0v) is 10.8. The fourth-order valence-electron chi connectivity index (χ4n) is 2.12. The molecule has 0 spiro atoms. The zero-order valence-electron chi connectivity index (χ0n) is 10.1. The van der Waals surface area contributed by atoms with Gasteiger partial charge in [0.1, 0.15) is 0 Å². The molecule has 1 heterocycles. The van der Waals surface area contributed by atoms with Crippen LogP contribution in [0.3, 0.4) is 0 Å². The maximum Gasteiger partial charge on any atom is 0.0876 e. The van der Waals surface area contributed by atoms with Gasteiger partial charge >= 0.3 is 0 Å². The van der Waals surface area contributed by atoms with Crippen molar-refractivity contribution < 1.29 is 4.74 Å². The predicted molar refractivity (Wildman–Crippen MR) is 71.1 cm³/mol. The van der Waals surface area contributed by atoms with Crippen molar-refractivity contribution in [2.75, 3.05) is 13.2 Å². The molecule has 0 saturated heterocycles. The Hall–Kier alpha value is -0.990. The summed E-state index contributed by atoms with van der Waals surface area (Å²) < 4.78 is 5.43. The van der Waals surface area contributed by atoms with Crippen LogP contribution in [0.2, 0.25) is 5.02 Å². The molecule has 1 N–H and O–H groups in total. The minimum absolute atomic E-state index is 0.248. The third-order valence-corrected chi connectivity index (χ3v) is 3.20. The van der Waals surface area contributed by atoms with Crippen molar-refractivity contribution in [3.8, 4) is 0 Å². The first kappa shape index (κ1) is 12.5. The maximum atomic E-state index is 5.92. The zero-order chi connectivity index (χ0) is 12.1. The van der Waals surface area contributed by atoms with Gasteiger partial charge in [-0.05, 0) is 42.7 Å². The highest BCUT2D eigenvalue weighted by molar-refractivity contribution is 6.30. The van der Waals surface area contributed by atoms with Gasteiger partial charge in [0.25, 0.3) is 0 Å². The number of ether oxygens (including phenoxy) is 1. The second-order valence-corrected chi connectivity index (χ2v) is 4.65. The van der Waals surface area contributed by atoms with Gasteiger partial charge in [0.15, 0.2) is 0 Å². The molecule has 0 bridgehead atoms. The monoisotopic (exact) mass is 251 g/mol. The molecule has 92 valence electrons. The molecule has 0 radical (unpaired) electrons. The fourth-order valence-corrected chi connectivity index (χ4v) is 2.25. The van der Waals surface area contributed by atoms with Crippen molar-refractivity contribution in [3.63, 3.8) is 0 Å². The van der Waals surface area contributed by atoms with E-state index < -0.39 is 0 Å². The topological polar surface area (TPSA) is 21.3 Å². The number of halogens is 1. The Morgan fingerprint density at radius 3 is 2.71 bits per heavy atom. The van der Waals surface area contributed by atoms with E-state index in [9.17, 15) is 0 Å². The lowest BCUT2D eigenvalue weighted by Gasteiger charge is -2.24. The molecule has 3 heteroatoms. The number of nitrogens with one attached hydrogen (secondary N) is 1. The van der Waals surface area contributed by atoms with Gasteiger partial charge in [-0.1, -0.05) is 30.7 Å². The molecule has 1 aromatic carbocycles. The highest BCUT2D eigenvalue weighted by Crippen LogP contribution is 2.28. The summed E-state index contributed by atoms with van der Waals surface area (Å²) in [7, 11) is 0. The summed E-state index contributed by atoms with van der Waals surface area (Å²) in [5.41, 5.74) is 2.56. The molecule has 0 fully saturated rings. The van der Waals surface area contributed by atoms with Crippen LogP contribution in [0.1, 0.15) is 31.4 Å². The van der Waals surface area contributed by atoms with E-state index in [0.717, 1.165) is 31.0 Å². The average Bonchev–Trinajstić information content (AvgIpc) is 2.38. The van der Waals surface area contributed by atoms with E-state index in [0.29, 0.717) is 0 Å². The van der Waals surface area contributed by atoms with Crippen molar-refractivity contribution in [2.24, 2.45) is 0 Å². The molecule has 2 nitrogen and oxygen atoms in total. The van der Waals surface area contributed by atoms with Gasteiger partial charge in [0.2, 0.25) is 0 Å². The van der Waals surface area contributed by atoms with Crippen molar-refractivity contribution in [3.05, 3.63) is 46.7 Å². The van der Waals surface area contributed by atoms with Crippen LogP contribution in [0.25, 0.3) is 0 Å². The lowest BCUT2D eigenvalue weighted by Crippen LogP contribution is -2.24. The van der Waals surface area contributed by atoms with Crippen molar-refractivity contribution in [1.29, 1.82) is 0 Å². The normalized spacial score (nSPS) is 17.2. The van der Waals surface area contributed by atoms with Gasteiger partial charge in [-0.2, -0.15) is 0 Å². The van der Waals surface area contributed by atoms with E-state index >= 15 is 0 Å². The lowest BCUT2D eigenvalue weighted by atomic mass is 9.95. The van der Waals surface area contributed by atoms with Crippen LogP contribution in [-0.4, -0.2) is 13.2 Å². The first-order chi connectivity index (χ1) is 8.31. The van der Waals surface area contributed by atoms with Gasteiger partial charge in [0, 0.05) is 5.02 Å². The second-order valence-electron chi connectivity index (χ2n) is 4.21. The SMILES string of the molecule is CCNC(C1=COCCC1)c1ccc(Cl)cc1. The quantitative estimate of drug-likeness (QED) is 0.881. The molecular formula is C14H18ClNO. The minimum Gasteiger partial charge on any atom is -0.501 e. The van der Waals surface area contributed by atoms with Crippen LogP contribution in [-0.2, 0) is 4.74 Å². The first-order valence-electron chi connectivity index (χ1n) is 6.10. The van der Waals surface area contributed by atoms with Gasteiger partial charge in [-0.3, -0.25) is 0 Å². The van der Waals surface area contributed by atoms with E-state index in [1.54, 1.807) is 0 Å². The Labute approximate surface area is 108 Å².